The Kier molecular flexibility index (Phi) is 5.06. The van der Waals surface area contributed by atoms with E-state index >= 15 is 0 Å². The highest BCUT2D eigenvalue weighted by atomic mass is 32.2. The van der Waals surface area contributed by atoms with Crippen LogP contribution in [-0.4, -0.2) is 49.1 Å². The first-order valence-electron chi connectivity index (χ1n) is 7.11. The molecule has 0 bridgehead atoms. The van der Waals surface area contributed by atoms with Crippen molar-refractivity contribution < 1.29 is 27.9 Å². The summed E-state index contributed by atoms with van der Waals surface area (Å²) >= 11 is 0. The molecule has 1 aliphatic heterocycles. The molecule has 1 atom stereocenters. The molecule has 1 heterocycles. The van der Waals surface area contributed by atoms with Crippen LogP contribution in [0.15, 0.2) is 24.3 Å². The Morgan fingerprint density at radius 1 is 1.30 bits per heavy atom. The normalized spacial score (nSPS) is 22.5. The van der Waals surface area contributed by atoms with Crippen molar-refractivity contribution in [1.82, 2.24) is 5.32 Å². The molecular formula is C15H19NO6S. The Morgan fingerprint density at radius 3 is 2.48 bits per heavy atom. The van der Waals surface area contributed by atoms with Gasteiger partial charge in [0.15, 0.2) is 16.4 Å². The van der Waals surface area contributed by atoms with E-state index in [2.05, 4.69) is 5.32 Å². The number of nitrogens with one attached hydrogen (secondary N) is 1. The average molecular weight is 341 g/mol. The molecule has 0 radical (unpaired) electrons. The molecule has 7 nitrogen and oxygen atoms in total. The highest BCUT2D eigenvalue weighted by molar-refractivity contribution is 7.91. The van der Waals surface area contributed by atoms with Crippen LogP contribution in [0.3, 0.4) is 0 Å². The molecule has 8 heteroatoms. The maximum Gasteiger partial charge on any atom is 0.338 e. The highest BCUT2D eigenvalue weighted by Gasteiger charge is 2.39. The number of amides is 1. The number of benzene rings is 1. The topological polar surface area (TPSA) is 110 Å². The van der Waals surface area contributed by atoms with Gasteiger partial charge in [-0.25, -0.2) is 13.2 Å². The van der Waals surface area contributed by atoms with Crippen LogP contribution in [0.2, 0.25) is 0 Å². The first kappa shape index (κ1) is 17.4. The van der Waals surface area contributed by atoms with Crippen molar-refractivity contribution in [2.45, 2.75) is 25.5 Å². The lowest BCUT2D eigenvalue weighted by Gasteiger charge is -2.23. The number of hydrogen-bond donors (Lipinski definition) is 2. The quantitative estimate of drug-likeness (QED) is 0.731. The molecule has 1 amide bonds. The SMILES string of the molecule is C[C@@]1(NC(=O)COC(=O)c2ccc(CO)cc2)CCS(=O)(=O)C1. The first-order chi connectivity index (χ1) is 10.7. The van der Waals surface area contributed by atoms with Gasteiger partial charge in [-0.05, 0) is 31.0 Å². The van der Waals surface area contributed by atoms with Crippen LogP contribution in [0.25, 0.3) is 0 Å². The number of aliphatic hydroxyl groups is 1. The number of carbonyl (C=O) groups is 2. The second kappa shape index (κ2) is 6.67. The van der Waals surface area contributed by atoms with E-state index in [0.717, 1.165) is 0 Å². The van der Waals surface area contributed by atoms with Crippen molar-refractivity contribution in [1.29, 1.82) is 0 Å². The van der Waals surface area contributed by atoms with E-state index in [4.69, 9.17) is 9.84 Å². The maximum absolute atomic E-state index is 11.8. The Balaban J connectivity index is 1.85. The highest BCUT2D eigenvalue weighted by Crippen LogP contribution is 2.22. The number of carbonyl (C=O) groups excluding carboxylic acids is 2. The van der Waals surface area contributed by atoms with Gasteiger partial charge in [0.1, 0.15) is 0 Å². The van der Waals surface area contributed by atoms with Crippen LogP contribution < -0.4 is 5.32 Å². The standard InChI is InChI=1S/C15H19NO6S/c1-15(6-7-23(20,21)10-15)16-13(18)9-22-14(19)12-4-2-11(8-17)3-5-12/h2-5,17H,6-10H2,1H3,(H,16,18)/t15-/m1/s1. The first-order valence-corrected chi connectivity index (χ1v) is 8.93. The van der Waals surface area contributed by atoms with Crippen LogP contribution in [0.1, 0.15) is 29.3 Å². The molecular weight excluding hydrogens is 322 g/mol. The van der Waals surface area contributed by atoms with Crippen molar-refractivity contribution in [3.8, 4) is 0 Å². The molecule has 1 aliphatic rings. The molecule has 0 aromatic heterocycles. The molecule has 0 unspecified atom stereocenters. The lowest BCUT2D eigenvalue weighted by atomic mass is 10.0. The van der Waals surface area contributed by atoms with Gasteiger partial charge < -0.3 is 15.2 Å². The van der Waals surface area contributed by atoms with E-state index in [-0.39, 0.29) is 23.7 Å². The zero-order valence-corrected chi connectivity index (χ0v) is 13.6. The third-order valence-corrected chi connectivity index (χ3v) is 5.55. The third-order valence-electron chi connectivity index (χ3n) is 3.65. The van der Waals surface area contributed by atoms with E-state index in [1.165, 1.54) is 12.1 Å². The summed E-state index contributed by atoms with van der Waals surface area (Å²) in [5, 5.41) is 11.5. The molecule has 1 aromatic rings. The van der Waals surface area contributed by atoms with Crippen molar-refractivity contribution in [3.05, 3.63) is 35.4 Å². The number of hydrogen-bond acceptors (Lipinski definition) is 6. The molecule has 2 N–H and O–H groups in total. The summed E-state index contributed by atoms with van der Waals surface area (Å²) < 4.78 is 27.9. The zero-order chi connectivity index (χ0) is 17.1. The molecule has 2 rings (SSSR count). The number of ether oxygens (including phenoxy) is 1. The summed E-state index contributed by atoms with van der Waals surface area (Å²) in [4.78, 5) is 23.6. The largest absolute Gasteiger partial charge is 0.452 e. The van der Waals surface area contributed by atoms with Crippen molar-refractivity contribution >= 4 is 21.7 Å². The number of aliphatic hydroxyl groups excluding tert-OH is 1. The minimum Gasteiger partial charge on any atom is -0.452 e. The Morgan fingerprint density at radius 2 is 1.96 bits per heavy atom. The van der Waals surface area contributed by atoms with Crippen LogP contribution in [0.4, 0.5) is 0 Å². The second-order valence-electron chi connectivity index (χ2n) is 5.88. The van der Waals surface area contributed by atoms with Gasteiger partial charge in [0.2, 0.25) is 0 Å². The molecule has 1 aromatic carbocycles. The van der Waals surface area contributed by atoms with Gasteiger partial charge >= 0.3 is 5.97 Å². The van der Waals surface area contributed by atoms with E-state index in [1.807, 2.05) is 0 Å². The van der Waals surface area contributed by atoms with Crippen LogP contribution in [0.5, 0.6) is 0 Å². The van der Waals surface area contributed by atoms with Gasteiger partial charge in [0, 0.05) is 0 Å². The number of sulfone groups is 1. The van der Waals surface area contributed by atoms with Gasteiger partial charge in [-0.1, -0.05) is 12.1 Å². The van der Waals surface area contributed by atoms with Crippen molar-refractivity contribution in [2.24, 2.45) is 0 Å². The lowest BCUT2D eigenvalue weighted by molar-refractivity contribution is -0.125. The summed E-state index contributed by atoms with van der Waals surface area (Å²) in [5.41, 5.74) is 0.116. The Labute approximate surface area is 134 Å². The average Bonchev–Trinajstić information content (AvgIpc) is 2.78. The Bertz CT molecular complexity index is 697. The summed E-state index contributed by atoms with van der Waals surface area (Å²) in [6.45, 7) is 1.06. The van der Waals surface area contributed by atoms with E-state index in [9.17, 15) is 18.0 Å². The number of esters is 1. The van der Waals surface area contributed by atoms with Gasteiger partial charge in [-0.2, -0.15) is 0 Å². The van der Waals surface area contributed by atoms with Gasteiger partial charge in [-0.15, -0.1) is 0 Å². The summed E-state index contributed by atoms with van der Waals surface area (Å²) in [5.74, 6) is -1.26. The predicted molar refractivity (Wildman–Crippen MR) is 82.5 cm³/mol. The molecule has 23 heavy (non-hydrogen) atoms. The fraction of sp³-hybridized carbons (Fsp3) is 0.467. The second-order valence-corrected chi connectivity index (χ2v) is 8.07. The summed E-state index contributed by atoms with van der Waals surface area (Å²) in [7, 11) is -3.12. The van der Waals surface area contributed by atoms with Crippen LogP contribution >= 0.6 is 0 Å². The third kappa shape index (κ3) is 4.77. The predicted octanol–water partition coefficient (Wildman–Crippen LogP) is 0.0291. The minimum atomic E-state index is -3.12. The summed E-state index contributed by atoms with van der Waals surface area (Å²) in [6.07, 6.45) is 0.345. The molecule has 1 fully saturated rings. The molecule has 0 spiro atoms. The van der Waals surface area contributed by atoms with Gasteiger partial charge in [-0.3, -0.25) is 4.79 Å². The Hall–Kier alpha value is -1.93. The monoisotopic (exact) mass is 341 g/mol. The van der Waals surface area contributed by atoms with E-state index in [1.54, 1.807) is 19.1 Å². The molecule has 1 saturated heterocycles. The van der Waals surface area contributed by atoms with Gasteiger partial charge in [0.05, 0.1) is 29.2 Å². The van der Waals surface area contributed by atoms with Crippen LogP contribution in [-0.2, 0) is 26.0 Å². The smallest absolute Gasteiger partial charge is 0.338 e. The fourth-order valence-corrected chi connectivity index (χ4v) is 4.54. The molecule has 0 saturated carbocycles. The molecule has 0 aliphatic carbocycles. The number of rotatable bonds is 5. The van der Waals surface area contributed by atoms with Crippen molar-refractivity contribution in [2.75, 3.05) is 18.1 Å². The fourth-order valence-electron chi connectivity index (χ4n) is 2.44. The molecule has 126 valence electrons. The minimum absolute atomic E-state index is 0.0424. The lowest BCUT2D eigenvalue weighted by Crippen LogP contribution is -2.48. The van der Waals surface area contributed by atoms with Gasteiger partial charge in [0.25, 0.3) is 5.91 Å². The maximum atomic E-state index is 11.8. The van der Waals surface area contributed by atoms with E-state index in [0.29, 0.717) is 12.0 Å². The van der Waals surface area contributed by atoms with Crippen LogP contribution in [0, 0.1) is 0 Å². The summed E-state index contributed by atoms with van der Waals surface area (Å²) in [6, 6.07) is 6.16. The van der Waals surface area contributed by atoms with Crippen molar-refractivity contribution in [3.63, 3.8) is 0 Å². The zero-order valence-electron chi connectivity index (χ0n) is 12.7. The van der Waals surface area contributed by atoms with E-state index < -0.39 is 33.9 Å².